The van der Waals surface area contributed by atoms with Crippen molar-refractivity contribution in [3.63, 3.8) is 0 Å². The molecule has 0 saturated carbocycles. The first kappa shape index (κ1) is 24.7. The number of carbonyl (C=O) groups is 2. The Labute approximate surface area is 202 Å². The summed E-state index contributed by atoms with van der Waals surface area (Å²) >= 11 is 5.32. The predicted octanol–water partition coefficient (Wildman–Crippen LogP) is 4.42. The summed E-state index contributed by atoms with van der Waals surface area (Å²) in [6.45, 7) is 13.4. The maximum atomic E-state index is 12.5. The maximum Gasteiger partial charge on any atom is 0.257 e. The third kappa shape index (κ3) is 6.54. The van der Waals surface area contributed by atoms with Crippen molar-refractivity contribution >= 4 is 40.5 Å². The molecule has 0 spiro atoms. The highest BCUT2D eigenvalue weighted by molar-refractivity contribution is 7.80. The maximum absolute atomic E-state index is 12.5. The molecule has 0 atom stereocenters. The van der Waals surface area contributed by atoms with Gasteiger partial charge >= 0.3 is 0 Å². The van der Waals surface area contributed by atoms with Crippen LogP contribution in [0.3, 0.4) is 0 Å². The predicted molar refractivity (Wildman–Crippen MR) is 139 cm³/mol. The van der Waals surface area contributed by atoms with E-state index in [-0.39, 0.29) is 28.3 Å². The Morgan fingerprint density at radius 2 is 1.48 bits per heavy atom. The summed E-state index contributed by atoms with van der Waals surface area (Å²) in [6, 6.07) is 15.5. The van der Waals surface area contributed by atoms with Crippen molar-refractivity contribution in [3.8, 4) is 0 Å². The second-order valence-electron chi connectivity index (χ2n) is 9.75. The molecule has 7 heteroatoms. The highest BCUT2D eigenvalue weighted by Gasteiger charge is 2.23. The molecule has 1 saturated heterocycles. The highest BCUT2D eigenvalue weighted by Crippen LogP contribution is 2.22. The zero-order valence-electron chi connectivity index (χ0n) is 20.1. The van der Waals surface area contributed by atoms with Gasteiger partial charge in [-0.25, -0.2) is 0 Å². The van der Waals surface area contributed by atoms with Gasteiger partial charge in [0.2, 0.25) is 5.91 Å². The van der Waals surface area contributed by atoms with E-state index in [1.54, 1.807) is 0 Å². The van der Waals surface area contributed by atoms with E-state index < -0.39 is 0 Å². The largest absolute Gasteiger partial charge is 0.368 e. The number of thiocarbonyl (C=S) groups is 1. The smallest absolute Gasteiger partial charge is 0.257 e. The molecule has 0 aromatic heterocycles. The van der Waals surface area contributed by atoms with E-state index in [1.807, 2.05) is 67.3 Å². The van der Waals surface area contributed by atoms with Crippen LogP contribution in [-0.2, 0) is 10.2 Å². The second kappa shape index (κ2) is 10.3. The summed E-state index contributed by atoms with van der Waals surface area (Å²) in [4.78, 5) is 28.9. The summed E-state index contributed by atoms with van der Waals surface area (Å²) < 4.78 is 0. The van der Waals surface area contributed by atoms with E-state index in [9.17, 15) is 9.59 Å². The Bertz CT molecular complexity index is 986. The monoisotopic (exact) mass is 466 g/mol. The molecule has 176 valence electrons. The van der Waals surface area contributed by atoms with Gasteiger partial charge < -0.3 is 15.1 Å². The third-order valence-electron chi connectivity index (χ3n) is 5.82. The topological polar surface area (TPSA) is 64.7 Å². The molecule has 2 amide bonds. The third-order valence-corrected chi connectivity index (χ3v) is 6.02. The minimum atomic E-state index is -0.238. The Kier molecular flexibility index (Phi) is 7.74. The van der Waals surface area contributed by atoms with Crippen molar-refractivity contribution in [2.45, 2.75) is 40.0 Å². The number of rotatable bonds is 4. The molecule has 2 aromatic rings. The average Bonchev–Trinajstić information content (AvgIpc) is 2.78. The van der Waals surface area contributed by atoms with Gasteiger partial charge in [0.1, 0.15) is 0 Å². The van der Waals surface area contributed by atoms with E-state index in [4.69, 9.17) is 12.2 Å². The average molecular weight is 467 g/mol. The molecule has 1 aliphatic heterocycles. The fourth-order valence-corrected chi connectivity index (χ4v) is 3.98. The zero-order valence-corrected chi connectivity index (χ0v) is 21.0. The summed E-state index contributed by atoms with van der Waals surface area (Å²) in [5.41, 5.74) is 3.69. The Morgan fingerprint density at radius 1 is 0.909 bits per heavy atom. The van der Waals surface area contributed by atoms with Crippen molar-refractivity contribution in [3.05, 3.63) is 59.7 Å². The van der Waals surface area contributed by atoms with Crippen molar-refractivity contribution in [1.82, 2.24) is 10.2 Å². The van der Waals surface area contributed by atoms with Crippen molar-refractivity contribution in [2.75, 3.05) is 36.4 Å². The first-order valence-electron chi connectivity index (χ1n) is 11.4. The number of benzene rings is 2. The van der Waals surface area contributed by atoms with E-state index in [0.29, 0.717) is 5.56 Å². The molecule has 1 heterocycles. The fraction of sp³-hybridized carbons (Fsp3) is 0.423. The lowest BCUT2D eigenvalue weighted by Gasteiger charge is -2.37. The lowest BCUT2D eigenvalue weighted by atomic mass is 9.87. The van der Waals surface area contributed by atoms with E-state index >= 15 is 0 Å². The Balaban J connectivity index is 1.51. The van der Waals surface area contributed by atoms with Crippen LogP contribution in [0.5, 0.6) is 0 Å². The van der Waals surface area contributed by atoms with Crippen LogP contribution >= 0.6 is 12.2 Å². The molecule has 2 aromatic carbocycles. The van der Waals surface area contributed by atoms with Crippen LogP contribution in [0.4, 0.5) is 11.4 Å². The molecular formula is C26H34N4O2S. The van der Waals surface area contributed by atoms with E-state index in [1.165, 1.54) is 5.56 Å². The van der Waals surface area contributed by atoms with Crippen LogP contribution in [0.15, 0.2) is 48.5 Å². The van der Waals surface area contributed by atoms with Gasteiger partial charge in [0.05, 0.1) is 0 Å². The molecule has 33 heavy (non-hydrogen) atoms. The van der Waals surface area contributed by atoms with Crippen LogP contribution in [0.2, 0.25) is 0 Å². The minimum Gasteiger partial charge on any atom is -0.368 e. The quantitative estimate of drug-likeness (QED) is 0.654. The number of anilines is 2. The molecular weight excluding hydrogens is 432 g/mol. The Morgan fingerprint density at radius 3 is 2.00 bits per heavy atom. The van der Waals surface area contributed by atoms with Crippen LogP contribution in [-0.4, -0.2) is 48.0 Å². The van der Waals surface area contributed by atoms with Gasteiger partial charge in [-0.3, -0.25) is 14.9 Å². The van der Waals surface area contributed by atoms with Crippen LogP contribution in [0.1, 0.15) is 50.5 Å². The normalized spacial score (nSPS) is 14.2. The van der Waals surface area contributed by atoms with Gasteiger partial charge in [0.15, 0.2) is 5.11 Å². The standard InChI is InChI=1S/C26H34N4O2S/c1-18(2)24(32)30-16-14-29(15-17-30)22-12-10-21(11-13-22)27-25(33)28-23(31)19-6-8-20(9-7-19)26(3,4)5/h6-13,18H,14-17H2,1-5H3,(H2,27,28,31,33). The molecule has 2 N–H and O–H groups in total. The lowest BCUT2D eigenvalue weighted by Crippen LogP contribution is -2.49. The van der Waals surface area contributed by atoms with Crippen molar-refractivity contribution in [1.29, 1.82) is 0 Å². The summed E-state index contributed by atoms with van der Waals surface area (Å²) in [5, 5.41) is 6.07. The van der Waals surface area contributed by atoms with Crippen LogP contribution < -0.4 is 15.5 Å². The number of hydrogen-bond donors (Lipinski definition) is 2. The number of hydrogen-bond acceptors (Lipinski definition) is 4. The molecule has 6 nitrogen and oxygen atoms in total. The highest BCUT2D eigenvalue weighted by atomic mass is 32.1. The summed E-state index contributed by atoms with van der Waals surface area (Å²) in [6.07, 6.45) is 0. The van der Waals surface area contributed by atoms with Gasteiger partial charge in [-0.1, -0.05) is 46.8 Å². The Hall–Kier alpha value is -2.93. The first-order chi connectivity index (χ1) is 15.5. The van der Waals surface area contributed by atoms with E-state index in [2.05, 4.69) is 36.3 Å². The number of piperazine rings is 1. The second-order valence-corrected chi connectivity index (χ2v) is 10.2. The molecule has 1 aliphatic rings. The van der Waals surface area contributed by atoms with Crippen LogP contribution in [0.25, 0.3) is 0 Å². The first-order valence-corrected chi connectivity index (χ1v) is 11.8. The van der Waals surface area contributed by atoms with Crippen molar-refractivity contribution in [2.24, 2.45) is 5.92 Å². The number of nitrogens with zero attached hydrogens (tertiary/aromatic N) is 2. The number of nitrogens with one attached hydrogen (secondary N) is 2. The molecule has 0 radical (unpaired) electrons. The molecule has 0 bridgehead atoms. The number of amides is 2. The molecule has 0 aliphatic carbocycles. The van der Waals surface area contributed by atoms with Gasteiger partial charge in [-0.05, 0) is 59.6 Å². The number of carbonyl (C=O) groups excluding carboxylic acids is 2. The van der Waals surface area contributed by atoms with Gasteiger partial charge in [-0.2, -0.15) is 0 Å². The SMILES string of the molecule is CC(C)C(=O)N1CCN(c2ccc(NC(=S)NC(=O)c3ccc(C(C)(C)C)cc3)cc2)CC1. The zero-order chi connectivity index (χ0) is 24.2. The van der Waals surface area contributed by atoms with Crippen molar-refractivity contribution < 1.29 is 9.59 Å². The summed E-state index contributed by atoms with van der Waals surface area (Å²) in [7, 11) is 0. The minimum absolute atomic E-state index is 0.0362. The van der Waals surface area contributed by atoms with E-state index in [0.717, 1.165) is 37.6 Å². The van der Waals surface area contributed by atoms with Gasteiger partial charge in [0.25, 0.3) is 5.91 Å². The van der Waals surface area contributed by atoms with Gasteiger partial charge in [-0.15, -0.1) is 0 Å². The lowest BCUT2D eigenvalue weighted by molar-refractivity contribution is -0.134. The summed E-state index contributed by atoms with van der Waals surface area (Å²) in [5.74, 6) is 0.0161. The molecule has 0 unspecified atom stereocenters. The molecule has 3 rings (SSSR count). The molecule has 1 fully saturated rings. The van der Waals surface area contributed by atoms with Gasteiger partial charge in [0, 0.05) is 49.0 Å². The fourth-order valence-electron chi connectivity index (χ4n) is 3.76. The van der Waals surface area contributed by atoms with Crippen LogP contribution in [0, 0.1) is 5.92 Å².